The first kappa shape index (κ1) is 15.0. The number of carbonyl (C=O) groups is 2. The molecule has 2 bridgehead atoms. The fraction of sp³-hybridized carbons (Fsp3) is 0.529. The number of Topliss-reactive ketones (excluding diaryl/α,β-unsaturated/α-hetero) is 1. The van der Waals surface area contributed by atoms with Gasteiger partial charge in [0.1, 0.15) is 11.2 Å². The molecule has 118 valence electrons. The van der Waals surface area contributed by atoms with Crippen LogP contribution < -0.4 is 4.74 Å². The number of rotatable bonds is 3. The summed E-state index contributed by atoms with van der Waals surface area (Å²) in [5.41, 5.74) is -0.407. The summed E-state index contributed by atoms with van der Waals surface area (Å²) >= 11 is 0. The molecule has 4 atom stereocenters. The third-order valence-corrected chi connectivity index (χ3v) is 5.23. The summed E-state index contributed by atoms with van der Waals surface area (Å²) in [5, 5.41) is 10.3. The lowest BCUT2D eigenvalue weighted by Crippen LogP contribution is -2.50. The fourth-order valence-electron chi connectivity index (χ4n) is 4.16. The molecule has 2 saturated carbocycles. The van der Waals surface area contributed by atoms with Crippen molar-refractivity contribution in [2.24, 2.45) is 11.3 Å². The van der Waals surface area contributed by atoms with Crippen LogP contribution >= 0.6 is 0 Å². The number of benzene rings is 1. The Morgan fingerprint density at radius 2 is 2.05 bits per heavy atom. The molecule has 0 unspecified atom stereocenters. The highest BCUT2D eigenvalue weighted by atomic mass is 16.5. The van der Waals surface area contributed by atoms with E-state index in [1.54, 1.807) is 13.2 Å². The normalized spacial score (nSPS) is 33.6. The standard InChI is InChI=1S/C17H20O5/c1-21-14-6-4-3-5-10(14)12-9-13(18)11-7-8-17(12,15(11)19)16(20)22-2/h3-6,11-13,18H,7-9H2,1-2H3/t11-,12+,13-,17+/m1/s1. The third kappa shape index (κ3) is 1.88. The SMILES string of the molecule is COC(=O)[C@]12CC[C@@H](C1=O)[C@H](O)C[C@H]2c1ccccc1OC. The van der Waals surface area contributed by atoms with E-state index in [1.165, 1.54) is 7.11 Å². The third-order valence-electron chi connectivity index (χ3n) is 5.23. The summed E-state index contributed by atoms with van der Waals surface area (Å²) in [6.45, 7) is 0. The van der Waals surface area contributed by atoms with E-state index in [9.17, 15) is 14.7 Å². The first-order chi connectivity index (χ1) is 10.6. The van der Waals surface area contributed by atoms with E-state index < -0.39 is 29.3 Å². The second kappa shape index (κ2) is 5.39. The van der Waals surface area contributed by atoms with Gasteiger partial charge in [0.15, 0.2) is 5.78 Å². The summed E-state index contributed by atoms with van der Waals surface area (Å²) in [6, 6.07) is 7.34. The van der Waals surface area contributed by atoms with Gasteiger partial charge in [0, 0.05) is 11.8 Å². The highest BCUT2D eigenvalue weighted by Gasteiger charge is 2.64. The Kier molecular flexibility index (Phi) is 3.68. The van der Waals surface area contributed by atoms with Gasteiger partial charge in [-0.2, -0.15) is 0 Å². The molecular weight excluding hydrogens is 284 g/mol. The van der Waals surface area contributed by atoms with Gasteiger partial charge in [-0.3, -0.25) is 9.59 Å². The molecule has 0 aliphatic heterocycles. The molecule has 2 fully saturated rings. The molecular formula is C17H20O5. The number of aliphatic hydroxyl groups is 1. The first-order valence-corrected chi connectivity index (χ1v) is 7.50. The van der Waals surface area contributed by atoms with E-state index in [0.29, 0.717) is 25.0 Å². The quantitative estimate of drug-likeness (QED) is 0.679. The van der Waals surface area contributed by atoms with Crippen molar-refractivity contribution in [3.05, 3.63) is 29.8 Å². The number of hydrogen-bond acceptors (Lipinski definition) is 5. The zero-order valence-electron chi connectivity index (χ0n) is 12.7. The minimum Gasteiger partial charge on any atom is -0.496 e. The van der Waals surface area contributed by atoms with Gasteiger partial charge in [0.05, 0.1) is 20.3 Å². The number of hydrogen-bond donors (Lipinski definition) is 1. The van der Waals surface area contributed by atoms with Gasteiger partial charge in [-0.05, 0) is 30.9 Å². The molecule has 0 aromatic heterocycles. The van der Waals surface area contributed by atoms with Crippen LogP contribution in [-0.2, 0) is 14.3 Å². The van der Waals surface area contributed by atoms with Crippen LogP contribution in [0.15, 0.2) is 24.3 Å². The summed E-state index contributed by atoms with van der Waals surface area (Å²) in [5.74, 6) is -0.930. The van der Waals surface area contributed by atoms with Gasteiger partial charge >= 0.3 is 5.97 Å². The molecule has 5 nitrogen and oxygen atoms in total. The molecule has 0 amide bonds. The molecule has 2 aliphatic carbocycles. The number of ether oxygens (including phenoxy) is 2. The minimum absolute atomic E-state index is 0.186. The van der Waals surface area contributed by atoms with Crippen LogP contribution in [0, 0.1) is 11.3 Å². The van der Waals surface area contributed by atoms with Gasteiger partial charge in [0.25, 0.3) is 0 Å². The van der Waals surface area contributed by atoms with Gasteiger partial charge in [0.2, 0.25) is 0 Å². The van der Waals surface area contributed by atoms with Gasteiger partial charge in [-0.1, -0.05) is 18.2 Å². The van der Waals surface area contributed by atoms with Crippen molar-refractivity contribution < 1.29 is 24.2 Å². The van der Waals surface area contributed by atoms with Crippen LogP contribution in [0.3, 0.4) is 0 Å². The number of carbonyl (C=O) groups excluding carboxylic acids is 2. The van der Waals surface area contributed by atoms with E-state index >= 15 is 0 Å². The zero-order chi connectivity index (χ0) is 15.9. The van der Waals surface area contributed by atoms with Crippen LogP contribution in [0.1, 0.15) is 30.7 Å². The number of aliphatic hydroxyl groups excluding tert-OH is 1. The van der Waals surface area contributed by atoms with Gasteiger partial charge in [-0.25, -0.2) is 0 Å². The summed E-state index contributed by atoms with van der Waals surface area (Å²) in [7, 11) is 2.87. The maximum Gasteiger partial charge on any atom is 0.320 e. The molecule has 3 rings (SSSR count). The predicted molar refractivity (Wildman–Crippen MR) is 78.5 cm³/mol. The molecule has 5 heteroatoms. The van der Waals surface area contributed by atoms with Crippen LogP contribution in [0.2, 0.25) is 0 Å². The summed E-state index contributed by atoms with van der Waals surface area (Å²) in [6.07, 6.45) is 0.595. The lowest BCUT2D eigenvalue weighted by Gasteiger charge is -2.39. The van der Waals surface area contributed by atoms with Crippen molar-refractivity contribution in [1.82, 2.24) is 0 Å². The molecule has 2 aliphatic rings. The topological polar surface area (TPSA) is 72.8 Å². The van der Waals surface area contributed by atoms with Crippen molar-refractivity contribution in [3.63, 3.8) is 0 Å². The van der Waals surface area contributed by atoms with Gasteiger partial charge in [-0.15, -0.1) is 0 Å². The number of ketones is 1. The molecule has 0 heterocycles. The molecule has 0 spiro atoms. The van der Waals surface area contributed by atoms with Crippen LogP contribution in [0.25, 0.3) is 0 Å². The molecule has 1 N–H and O–H groups in total. The maximum atomic E-state index is 12.8. The van der Waals surface area contributed by atoms with E-state index in [2.05, 4.69) is 0 Å². The Balaban J connectivity index is 2.15. The lowest BCUT2D eigenvalue weighted by molar-refractivity contribution is -0.162. The Labute approximate surface area is 129 Å². The molecule has 1 aromatic carbocycles. The van der Waals surface area contributed by atoms with Crippen molar-refractivity contribution in [3.8, 4) is 5.75 Å². The van der Waals surface area contributed by atoms with E-state index in [4.69, 9.17) is 9.47 Å². The van der Waals surface area contributed by atoms with E-state index in [0.717, 1.165) is 5.56 Å². The van der Waals surface area contributed by atoms with Gasteiger partial charge < -0.3 is 14.6 Å². The number of methoxy groups -OCH3 is 2. The Morgan fingerprint density at radius 3 is 2.73 bits per heavy atom. The van der Waals surface area contributed by atoms with Crippen LogP contribution in [-0.4, -0.2) is 37.2 Å². The largest absolute Gasteiger partial charge is 0.496 e. The van der Waals surface area contributed by atoms with E-state index in [-0.39, 0.29) is 5.78 Å². The Bertz CT molecular complexity index is 611. The second-order valence-electron chi connectivity index (χ2n) is 6.07. The second-order valence-corrected chi connectivity index (χ2v) is 6.07. The van der Waals surface area contributed by atoms with Crippen molar-refractivity contribution in [2.45, 2.75) is 31.3 Å². The van der Waals surface area contributed by atoms with Crippen molar-refractivity contribution in [1.29, 1.82) is 0 Å². The highest BCUT2D eigenvalue weighted by molar-refractivity contribution is 6.08. The highest BCUT2D eigenvalue weighted by Crippen LogP contribution is 2.57. The Morgan fingerprint density at radius 1 is 1.32 bits per heavy atom. The average molecular weight is 304 g/mol. The van der Waals surface area contributed by atoms with Crippen molar-refractivity contribution >= 4 is 11.8 Å². The first-order valence-electron chi connectivity index (χ1n) is 7.50. The summed E-state index contributed by atoms with van der Waals surface area (Å²) < 4.78 is 10.3. The molecule has 1 aromatic rings. The van der Waals surface area contributed by atoms with Crippen molar-refractivity contribution in [2.75, 3.05) is 14.2 Å². The Hall–Kier alpha value is -1.88. The fourth-order valence-corrected chi connectivity index (χ4v) is 4.16. The minimum atomic E-state index is -1.19. The summed E-state index contributed by atoms with van der Waals surface area (Å²) in [4.78, 5) is 25.3. The van der Waals surface area contributed by atoms with Crippen LogP contribution in [0.4, 0.5) is 0 Å². The maximum absolute atomic E-state index is 12.8. The monoisotopic (exact) mass is 304 g/mol. The number of fused-ring (bicyclic) bond motifs is 2. The number of para-hydroxylation sites is 1. The zero-order valence-corrected chi connectivity index (χ0v) is 12.7. The number of esters is 1. The predicted octanol–water partition coefficient (Wildman–Crippen LogP) is 1.68. The smallest absolute Gasteiger partial charge is 0.320 e. The molecule has 0 saturated heterocycles. The molecule has 0 radical (unpaired) electrons. The lowest BCUT2D eigenvalue weighted by atomic mass is 9.63. The molecule has 22 heavy (non-hydrogen) atoms. The van der Waals surface area contributed by atoms with E-state index in [1.807, 2.05) is 18.2 Å². The van der Waals surface area contributed by atoms with Crippen LogP contribution in [0.5, 0.6) is 5.75 Å². The average Bonchev–Trinajstić information content (AvgIpc) is 2.80.